The summed E-state index contributed by atoms with van der Waals surface area (Å²) in [5.74, 6) is -0.217. The maximum absolute atomic E-state index is 13.4. The molecule has 0 unspecified atom stereocenters. The molecule has 4 heteroatoms. The molecule has 0 aromatic heterocycles. The fourth-order valence-corrected chi connectivity index (χ4v) is 2.17. The molecule has 1 saturated carbocycles. The summed E-state index contributed by atoms with van der Waals surface area (Å²) in [6.07, 6.45) is 2.21. The Hall–Kier alpha value is -0.610. The summed E-state index contributed by atoms with van der Waals surface area (Å²) in [5.41, 5.74) is 0.553. The molecule has 1 N–H and O–H groups in total. The van der Waals surface area contributed by atoms with Crippen molar-refractivity contribution in [3.63, 3.8) is 0 Å². The summed E-state index contributed by atoms with van der Waals surface area (Å²) in [4.78, 5) is 0. The Morgan fingerprint density at radius 3 is 2.80 bits per heavy atom. The van der Waals surface area contributed by atoms with Crippen molar-refractivity contribution >= 4 is 21.6 Å². The molecule has 0 saturated heterocycles. The van der Waals surface area contributed by atoms with Gasteiger partial charge >= 0.3 is 0 Å². The zero-order valence-corrected chi connectivity index (χ0v) is 10.1. The summed E-state index contributed by atoms with van der Waals surface area (Å²) in [5, 5.41) is 3.18. The van der Waals surface area contributed by atoms with Gasteiger partial charge < -0.3 is 10.1 Å². The predicted octanol–water partition coefficient (Wildman–Crippen LogP) is 3.18. The quantitative estimate of drug-likeness (QED) is 0.914. The second kappa shape index (κ2) is 4.49. The van der Waals surface area contributed by atoms with E-state index < -0.39 is 0 Å². The Morgan fingerprint density at radius 2 is 2.20 bits per heavy atom. The maximum Gasteiger partial charge on any atom is 0.147 e. The van der Waals surface area contributed by atoms with Gasteiger partial charge in [-0.1, -0.05) is 6.07 Å². The molecule has 15 heavy (non-hydrogen) atoms. The lowest BCUT2D eigenvalue weighted by molar-refractivity contribution is 0.0328. The molecule has 1 aliphatic rings. The Bertz CT molecular complexity index is 332. The van der Waals surface area contributed by atoms with Crippen molar-refractivity contribution in [3.8, 4) is 0 Å². The first kappa shape index (κ1) is 10.9. The number of benzene rings is 1. The highest BCUT2D eigenvalue weighted by atomic mass is 79.9. The first-order chi connectivity index (χ1) is 7.20. The van der Waals surface area contributed by atoms with Crippen LogP contribution in [0.25, 0.3) is 0 Å². The van der Waals surface area contributed by atoms with Gasteiger partial charge in [0.25, 0.3) is 0 Å². The molecule has 2 nitrogen and oxygen atoms in total. The maximum atomic E-state index is 13.4. The van der Waals surface area contributed by atoms with Crippen LogP contribution in [-0.2, 0) is 4.74 Å². The molecule has 0 radical (unpaired) electrons. The summed E-state index contributed by atoms with van der Waals surface area (Å²) in [6, 6.07) is 5.30. The summed E-state index contributed by atoms with van der Waals surface area (Å²) in [6.45, 7) is 0. The molecule has 1 aromatic carbocycles. The second-order valence-electron chi connectivity index (χ2n) is 3.77. The molecule has 0 amide bonds. The first-order valence-corrected chi connectivity index (χ1v) is 5.73. The minimum absolute atomic E-state index is 0.217. The van der Waals surface area contributed by atoms with Gasteiger partial charge in [-0.2, -0.15) is 0 Å². The van der Waals surface area contributed by atoms with Crippen LogP contribution in [-0.4, -0.2) is 19.3 Å². The molecule has 1 aromatic rings. The van der Waals surface area contributed by atoms with Crippen molar-refractivity contribution in [2.24, 2.45) is 0 Å². The highest BCUT2D eigenvalue weighted by Gasteiger charge is 2.29. The van der Waals surface area contributed by atoms with Crippen LogP contribution >= 0.6 is 15.9 Å². The van der Waals surface area contributed by atoms with Crippen molar-refractivity contribution in [2.45, 2.75) is 25.0 Å². The normalized spacial score (nSPS) is 24.7. The molecule has 0 atom stereocenters. The van der Waals surface area contributed by atoms with Gasteiger partial charge in [0.05, 0.1) is 11.8 Å². The topological polar surface area (TPSA) is 21.3 Å². The van der Waals surface area contributed by atoms with Crippen molar-refractivity contribution < 1.29 is 9.13 Å². The lowest BCUT2D eigenvalue weighted by Gasteiger charge is -2.35. The van der Waals surface area contributed by atoms with Crippen LogP contribution in [0.4, 0.5) is 10.1 Å². The molecule has 0 spiro atoms. The van der Waals surface area contributed by atoms with E-state index in [1.54, 1.807) is 13.2 Å². The van der Waals surface area contributed by atoms with Crippen LogP contribution in [0.2, 0.25) is 0 Å². The van der Waals surface area contributed by atoms with E-state index >= 15 is 0 Å². The fraction of sp³-hybridized carbons (Fsp3) is 0.455. The summed E-state index contributed by atoms with van der Waals surface area (Å²) < 4.78 is 19.4. The molecule has 2 rings (SSSR count). The zero-order chi connectivity index (χ0) is 10.8. The van der Waals surface area contributed by atoms with Gasteiger partial charge in [0, 0.05) is 17.6 Å². The lowest BCUT2D eigenvalue weighted by atomic mass is 9.89. The van der Waals surface area contributed by atoms with Gasteiger partial charge in [-0.15, -0.1) is 0 Å². The number of rotatable bonds is 3. The minimum Gasteiger partial charge on any atom is -0.381 e. The molecular weight excluding hydrogens is 261 g/mol. The molecule has 82 valence electrons. The number of nitrogens with one attached hydrogen (secondary N) is 1. The third kappa shape index (κ3) is 2.32. The van der Waals surface area contributed by atoms with E-state index in [1.165, 1.54) is 6.07 Å². The third-order valence-corrected chi connectivity index (χ3v) is 3.40. The van der Waals surface area contributed by atoms with E-state index in [-0.39, 0.29) is 5.82 Å². The molecule has 0 heterocycles. The fourth-order valence-electron chi connectivity index (χ4n) is 1.72. The van der Waals surface area contributed by atoms with Crippen molar-refractivity contribution in [2.75, 3.05) is 12.4 Å². The van der Waals surface area contributed by atoms with Crippen molar-refractivity contribution in [1.29, 1.82) is 0 Å². The highest BCUT2D eigenvalue weighted by Crippen LogP contribution is 2.31. The minimum atomic E-state index is -0.217. The highest BCUT2D eigenvalue weighted by molar-refractivity contribution is 9.10. The van der Waals surface area contributed by atoms with Crippen LogP contribution in [0, 0.1) is 5.82 Å². The van der Waals surface area contributed by atoms with Crippen LogP contribution in [0.1, 0.15) is 12.8 Å². The SMILES string of the molecule is COC1CC(Nc2c(F)cccc2Br)C1. The third-order valence-electron chi connectivity index (χ3n) is 2.74. The van der Waals surface area contributed by atoms with E-state index in [2.05, 4.69) is 21.2 Å². The van der Waals surface area contributed by atoms with E-state index in [1.807, 2.05) is 6.07 Å². The zero-order valence-electron chi connectivity index (χ0n) is 8.47. The van der Waals surface area contributed by atoms with Crippen molar-refractivity contribution in [1.82, 2.24) is 0 Å². The average Bonchev–Trinajstić information content (AvgIpc) is 2.14. The summed E-state index contributed by atoms with van der Waals surface area (Å²) >= 11 is 3.33. The van der Waals surface area contributed by atoms with Gasteiger partial charge in [0.1, 0.15) is 5.82 Å². The van der Waals surface area contributed by atoms with Gasteiger partial charge in [0.15, 0.2) is 0 Å². The molecule has 0 bridgehead atoms. The predicted molar refractivity (Wildman–Crippen MR) is 61.5 cm³/mol. The Morgan fingerprint density at radius 1 is 1.47 bits per heavy atom. The molecule has 1 fully saturated rings. The Balaban J connectivity index is 2.00. The van der Waals surface area contributed by atoms with E-state index in [0.29, 0.717) is 17.8 Å². The van der Waals surface area contributed by atoms with E-state index in [0.717, 1.165) is 17.3 Å². The van der Waals surface area contributed by atoms with Crippen LogP contribution < -0.4 is 5.32 Å². The standard InChI is InChI=1S/C11H13BrFNO/c1-15-8-5-7(6-8)14-11-9(12)3-2-4-10(11)13/h2-4,7-8,14H,5-6H2,1H3. The largest absolute Gasteiger partial charge is 0.381 e. The number of methoxy groups -OCH3 is 1. The van der Waals surface area contributed by atoms with Gasteiger partial charge in [-0.3, -0.25) is 0 Å². The number of hydrogen-bond donors (Lipinski definition) is 1. The molecule has 1 aliphatic carbocycles. The second-order valence-corrected chi connectivity index (χ2v) is 4.62. The smallest absolute Gasteiger partial charge is 0.147 e. The van der Waals surface area contributed by atoms with Gasteiger partial charge in [0.2, 0.25) is 0 Å². The van der Waals surface area contributed by atoms with Crippen LogP contribution in [0.5, 0.6) is 0 Å². The summed E-state index contributed by atoms with van der Waals surface area (Å²) in [7, 11) is 1.71. The van der Waals surface area contributed by atoms with Gasteiger partial charge in [-0.25, -0.2) is 4.39 Å². The number of para-hydroxylation sites is 1. The molecular formula is C11H13BrFNO. The monoisotopic (exact) mass is 273 g/mol. The van der Waals surface area contributed by atoms with E-state index in [9.17, 15) is 4.39 Å². The lowest BCUT2D eigenvalue weighted by Crippen LogP contribution is -2.40. The number of halogens is 2. The number of anilines is 1. The van der Waals surface area contributed by atoms with Crippen LogP contribution in [0.15, 0.2) is 22.7 Å². The van der Waals surface area contributed by atoms with Crippen molar-refractivity contribution in [3.05, 3.63) is 28.5 Å². The van der Waals surface area contributed by atoms with Gasteiger partial charge in [-0.05, 0) is 40.9 Å². The van der Waals surface area contributed by atoms with E-state index in [4.69, 9.17) is 4.74 Å². The average molecular weight is 274 g/mol. The number of ether oxygens (including phenoxy) is 1. The number of hydrogen-bond acceptors (Lipinski definition) is 2. The van der Waals surface area contributed by atoms with Crippen LogP contribution in [0.3, 0.4) is 0 Å². The Labute approximate surface area is 96.9 Å². The first-order valence-electron chi connectivity index (χ1n) is 4.94. The Kier molecular flexibility index (Phi) is 3.26. The molecule has 0 aliphatic heterocycles.